The maximum Gasteiger partial charge on any atom is 0.191 e. The van der Waals surface area contributed by atoms with Gasteiger partial charge in [0.05, 0.1) is 0 Å². The molecule has 0 aromatic heterocycles. The summed E-state index contributed by atoms with van der Waals surface area (Å²) in [5.74, 6) is 0.815. The first-order valence-corrected chi connectivity index (χ1v) is 8.56. The molecule has 0 fully saturated rings. The smallest absolute Gasteiger partial charge is 0.191 e. The Bertz CT molecular complexity index is 626. The Hall–Kier alpha value is -1.21. The zero-order valence-electron chi connectivity index (χ0n) is 13.8. The van der Waals surface area contributed by atoms with Crippen molar-refractivity contribution >= 4 is 41.7 Å². The number of nitrogens with one attached hydrogen (secondary N) is 2. The molecule has 3 nitrogen and oxygen atoms in total. The van der Waals surface area contributed by atoms with Crippen LogP contribution in [-0.4, -0.2) is 19.3 Å². The average molecular weight is 441 g/mol. The molecule has 0 amide bonds. The van der Waals surface area contributed by atoms with Crippen molar-refractivity contribution in [1.82, 2.24) is 10.6 Å². The van der Waals surface area contributed by atoms with Crippen LogP contribution in [0.5, 0.6) is 0 Å². The third-order valence-corrected chi connectivity index (χ3v) is 4.13. The highest BCUT2D eigenvalue weighted by Crippen LogP contribution is 2.14. The standard InChI is InChI=1S/C18H23N3S.HI/c1-14-5-4-6-16(11-14)13-21-18(19-2)20-12-15-7-9-17(22-3)10-8-15;/h4-11H,12-13H2,1-3H3,(H2,19,20,21);1H. The fraction of sp³-hybridized carbons (Fsp3) is 0.278. The summed E-state index contributed by atoms with van der Waals surface area (Å²) in [5.41, 5.74) is 3.78. The van der Waals surface area contributed by atoms with Crippen LogP contribution in [0.4, 0.5) is 0 Å². The zero-order chi connectivity index (χ0) is 15.8. The van der Waals surface area contributed by atoms with Crippen molar-refractivity contribution in [3.05, 3.63) is 65.2 Å². The molecule has 124 valence electrons. The molecule has 2 N–H and O–H groups in total. The van der Waals surface area contributed by atoms with Gasteiger partial charge in [0.25, 0.3) is 0 Å². The van der Waals surface area contributed by atoms with Crippen molar-refractivity contribution in [3.8, 4) is 0 Å². The predicted molar refractivity (Wildman–Crippen MR) is 112 cm³/mol. The molecule has 0 radical (unpaired) electrons. The van der Waals surface area contributed by atoms with Crippen LogP contribution in [0, 0.1) is 6.92 Å². The van der Waals surface area contributed by atoms with E-state index in [-0.39, 0.29) is 24.0 Å². The number of guanidine groups is 1. The molecule has 0 spiro atoms. The molecule has 2 rings (SSSR count). The average Bonchev–Trinajstić information content (AvgIpc) is 2.55. The fourth-order valence-corrected chi connectivity index (χ4v) is 2.57. The summed E-state index contributed by atoms with van der Waals surface area (Å²) in [6.45, 7) is 3.64. The lowest BCUT2D eigenvalue weighted by Crippen LogP contribution is -2.36. The summed E-state index contributed by atoms with van der Waals surface area (Å²) in [6, 6.07) is 17.1. The Morgan fingerprint density at radius 2 is 1.65 bits per heavy atom. The van der Waals surface area contributed by atoms with Crippen LogP contribution in [-0.2, 0) is 13.1 Å². The molecule has 0 aliphatic heterocycles. The van der Waals surface area contributed by atoms with Crippen molar-refractivity contribution < 1.29 is 0 Å². The van der Waals surface area contributed by atoms with E-state index in [4.69, 9.17) is 0 Å². The van der Waals surface area contributed by atoms with Gasteiger partial charge in [0, 0.05) is 25.0 Å². The number of hydrogen-bond acceptors (Lipinski definition) is 2. The number of aryl methyl sites for hydroxylation is 1. The summed E-state index contributed by atoms with van der Waals surface area (Å²) >= 11 is 1.76. The molecule has 0 unspecified atom stereocenters. The molecule has 0 aliphatic carbocycles. The van der Waals surface area contributed by atoms with E-state index in [2.05, 4.69) is 77.3 Å². The molecule has 0 aliphatic rings. The lowest BCUT2D eigenvalue weighted by atomic mass is 10.1. The van der Waals surface area contributed by atoms with E-state index in [0.717, 1.165) is 19.0 Å². The summed E-state index contributed by atoms with van der Waals surface area (Å²) < 4.78 is 0. The summed E-state index contributed by atoms with van der Waals surface area (Å²) in [4.78, 5) is 5.55. The van der Waals surface area contributed by atoms with Gasteiger partial charge >= 0.3 is 0 Å². The van der Waals surface area contributed by atoms with Gasteiger partial charge in [-0.15, -0.1) is 35.7 Å². The number of aliphatic imine (C=N–C) groups is 1. The number of rotatable bonds is 5. The van der Waals surface area contributed by atoms with E-state index in [9.17, 15) is 0 Å². The molecule has 0 heterocycles. The number of thioether (sulfide) groups is 1. The molecule has 5 heteroatoms. The van der Waals surface area contributed by atoms with Crippen LogP contribution in [0.25, 0.3) is 0 Å². The Labute approximate surface area is 160 Å². The minimum absolute atomic E-state index is 0. The van der Waals surface area contributed by atoms with Crippen molar-refractivity contribution in [2.45, 2.75) is 24.9 Å². The monoisotopic (exact) mass is 441 g/mol. The van der Waals surface area contributed by atoms with E-state index in [0.29, 0.717) is 0 Å². The second kappa shape index (κ2) is 10.5. The summed E-state index contributed by atoms with van der Waals surface area (Å²) in [6.07, 6.45) is 2.09. The molecule has 0 bridgehead atoms. The highest BCUT2D eigenvalue weighted by atomic mass is 127. The van der Waals surface area contributed by atoms with Gasteiger partial charge in [0.15, 0.2) is 5.96 Å². The van der Waals surface area contributed by atoms with Crippen LogP contribution in [0.3, 0.4) is 0 Å². The van der Waals surface area contributed by atoms with E-state index < -0.39 is 0 Å². The minimum atomic E-state index is 0. The molecule has 23 heavy (non-hydrogen) atoms. The number of hydrogen-bond donors (Lipinski definition) is 2. The first-order chi connectivity index (χ1) is 10.7. The Morgan fingerprint density at radius 3 is 2.22 bits per heavy atom. The maximum atomic E-state index is 4.26. The van der Waals surface area contributed by atoms with Gasteiger partial charge in [-0.2, -0.15) is 0 Å². The molecular weight excluding hydrogens is 417 g/mol. The first kappa shape index (κ1) is 19.8. The third kappa shape index (κ3) is 6.83. The van der Waals surface area contributed by atoms with Crippen LogP contribution < -0.4 is 10.6 Å². The fourth-order valence-electron chi connectivity index (χ4n) is 2.16. The van der Waals surface area contributed by atoms with Gasteiger partial charge in [0.1, 0.15) is 0 Å². The Kier molecular flexibility index (Phi) is 9.09. The number of benzene rings is 2. The van der Waals surface area contributed by atoms with E-state index >= 15 is 0 Å². The highest BCUT2D eigenvalue weighted by molar-refractivity contribution is 14.0. The van der Waals surface area contributed by atoms with Crippen molar-refractivity contribution in [2.24, 2.45) is 4.99 Å². The Balaban J connectivity index is 0.00000264. The number of halogens is 1. The van der Waals surface area contributed by atoms with E-state index in [1.807, 2.05) is 0 Å². The van der Waals surface area contributed by atoms with Crippen molar-refractivity contribution in [2.75, 3.05) is 13.3 Å². The lowest BCUT2D eigenvalue weighted by Gasteiger charge is -2.12. The zero-order valence-corrected chi connectivity index (χ0v) is 16.9. The number of nitrogens with zero attached hydrogens (tertiary/aromatic N) is 1. The molecular formula is C18H24IN3S. The van der Waals surface area contributed by atoms with Crippen LogP contribution in [0.15, 0.2) is 58.4 Å². The lowest BCUT2D eigenvalue weighted by molar-refractivity contribution is 0.808. The van der Waals surface area contributed by atoms with Gasteiger partial charge in [-0.1, -0.05) is 42.0 Å². The van der Waals surface area contributed by atoms with Crippen LogP contribution >= 0.6 is 35.7 Å². The quantitative estimate of drug-likeness (QED) is 0.316. The van der Waals surface area contributed by atoms with Gasteiger partial charge in [-0.05, 0) is 36.4 Å². The molecule has 0 saturated heterocycles. The largest absolute Gasteiger partial charge is 0.352 e. The predicted octanol–water partition coefficient (Wildman–Crippen LogP) is 4.20. The van der Waals surface area contributed by atoms with Crippen LogP contribution in [0.1, 0.15) is 16.7 Å². The molecule has 2 aromatic carbocycles. The van der Waals surface area contributed by atoms with Gasteiger partial charge in [-0.3, -0.25) is 4.99 Å². The molecule has 0 atom stereocenters. The van der Waals surface area contributed by atoms with Gasteiger partial charge in [0.2, 0.25) is 0 Å². The van der Waals surface area contributed by atoms with Crippen molar-refractivity contribution in [1.29, 1.82) is 0 Å². The minimum Gasteiger partial charge on any atom is -0.352 e. The van der Waals surface area contributed by atoms with E-state index in [1.54, 1.807) is 18.8 Å². The first-order valence-electron chi connectivity index (χ1n) is 7.34. The van der Waals surface area contributed by atoms with Crippen LogP contribution in [0.2, 0.25) is 0 Å². The van der Waals surface area contributed by atoms with Crippen molar-refractivity contribution in [3.63, 3.8) is 0 Å². The maximum absolute atomic E-state index is 4.26. The topological polar surface area (TPSA) is 36.4 Å². The molecule has 2 aromatic rings. The summed E-state index contributed by atoms with van der Waals surface area (Å²) in [7, 11) is 1.79. The van der Waals surface area contributed by atoms with Gasteiger partial charge in [-0.25, -0.2) is 0 Å². The Morgan fingerprint density at radius 1 is 1.00 bits per heavy atom. The highest BCUT2D eigenvalue weighted by Gasteiger charge is 2.00. The normalized spacial score (nSPS) is 10.8. The SMILES string of the molecule is CN=C(NCc1ccc(SC)cc1)NCc1cccc(C)c1.I. The van der Waals surface area contributed by atoms with Gasteiger partial charge < -0.3 is 10.6 Å². The molecule has 0 saturated carbocycles. The second-order valence-electron chi connectivity index (χ2n) is 5.12. The second-order valence-corrected chi connectivity index (χ2v) is 6.00. The summed E-state index contributed by atoms with van der Waals surface area (Å²) in [5, 5.41) is 6.68. The third-order valence-electron chi connectivity index (χ3n) is 3.39. The van der Waals surface area contributed by atoms with E-state index in [1.165, 1.54) is 21.6 Å².